The molecule has 0 fully saturated rings. The summed E-state index contributed by atoms with van der Waals surface area (Å²) >= 11 is 0. The summed E-state index contributed by atoms with van der Waals surface area (Å²) in [6, 6.07) is 13.6. The van der Waals surface area contributed by atoms with Gasteiger partial charge in [0.05, 0.1) is 0 Å². The topological polar surface area (TPSA) is 12.0 Å². The summed E-state index contributed by atoms with van der Waals surface area (Å²) in [5.74, 6) is 0. The van der Waals surface area contributed by atoms with Gasteiger partial charge >= 0.3 is 0 Å². The maximum Gasteiger partial charge on any atom is 0.0211 e. The van der Waals surface area contributed by atoms with E-state index in [-0.39, 0.29) is 0 Å². The van der Waals surface area contributed by atoms with E-state index in [1.165, 1.54) is 33.4 Å². The van der Waals surface area contributed by atoms with Crippen molar-refractivity contribution in [2.75, 3.05) is 6.54 Å². The summed E-state index contributed by atoms with van der Waals surface area (Å²) in [5.41, 5.74) is 8.71. The van der Waals surface area contributed by atoms with Gasteiger partial charge in [0.25, 0.3) is 0 Å². The molecule has 0 bridgehead atoms. The van der Waals surface area contributed by atoms with Crippen LogP contribution in [0.5, 0.6) is 0 Å². The fourth-order valence-electron chi connectivity index (χ4n) is 2.88. The average molecular weight is 251 g/mol. The molecular formula is C18H21N. The zero-order chi connectivity index (χ0) is 13.2. The molecule has 2 aromatic rings. The van der Waals surface area contributed by atoms with Crippen molar-refractivity contribution in [3.63, 3.8) is 0 Å². The van der Waals surface area contributed by atoms with Crippen molar-refractivity contribution in [3.8, 4) is 0 Å². The second kappa shape index (κ2) is 5.18. The monoisotopic (exact) mass is 251 g/mol. The lowest BCUT2D eigenvalue weighted by Crippen LogP contribution is -2.24. The minimum Gasteiger partial charge on any atom is -0.312 e. The van der Waals surface area contributed by atoms with E-state index in [9.17, 15) is 0 Å². The lowest BCUT2D eigenvalue weighted by Gasteiger charge is -2.20. The van der Waals surface area contributed by atoms with Crippen LogP contribution in [0.1, 0.15) is 33.4 Å². The van der Waals surface area contributed by atoms with Gasteiger partial charge in [-0.25, -0.2) is 0 Å². The number of aryl methyl sites for hydroxylation is 2. The number of fused-ring (bicyclic) bond motifs is 1. The Morgan fingerprint density at radius 2 is 1.95 bits per heavy atom. The standard InChI is InChI=1S/C18H21N/c1-13-6-7-15(10-14(13)2)11-17-5-3-4-16-8-9-19-12-18(16)17/h3-7,10,19H,8-9,11-12H2,1-2H3. The highest BCUT2D eigenvalue weighted by molar-refractivity contribution is 5.41. The summed E-state index contributed by atoms with van der Waals surface area (Å²) < 4.78 is 0. The second-order valence-electron chi connectivity index (χ2n) is 5.58. The number of nitrogens with one attached hydrogen (secondary N) is 1. The summed E-state index contributed by atoms with van der Waals surface area (Å²) in [5, 5.41) is 3.49. The second-order valence-corrected chi connectivity index (χ2v) is 5.58. The predicted molar refractivity (Wildman–Crippen MR) is 80.6 cm³/mol. The van der Waals surface area contributed by atoms with E-state index < -0.39 is 0 Å². The third-order valence-electron chi connectivity index (χ3n) is 4.21. The largest absolute Gasteiger partial charge is 0.312 e. The third kappa shape index (κ3) is 2.57. The van der Waals surface area contributed by atoms with Gasteiger partial charge < -0.3 is 5.32 Å². The molecule has 1 nitrogen and oxygen atoms in total. The average Bonchev–Trinajstić information content (AvgIpc) is 2.43. The summed E-state index contributed by atoms with van der Waals surface area (Å²) in [6.07, 6.45) is 2.21. The van der Waals surface area contributed by atoms with E-state index in [4.69, 9.17) is 0 Å². The molecule has 0 atom stereocenters. The fourth-order valence-corrected chi connectivity index (χ4v) is 2.88. The molecule has 1 heterocycles. The molecule has 2 aromatic carbocycles. The minimum absolute atomic E-state index is 1.02. The molecule has 98 valence electrons. The Hall–Kier alpha value is -1.60. The molecule has 0 spiro atoms. The van der Waals surface area contributed by atoms with Crippen LogP contribution in [-0.2, 0) is 19.4 Å². The van der Waals surface area contributed by atoms with Crippen LogP contribution in [0.15, 0.2) is 36.4 Å². The number of benzene rings is 2. The smallest absolute Gasteiger partial charge is 0.0211 e. The van der Waals surface area contributed by atoms with E-state index in [1.807, 2.05) is 0 Å². The zero-order valence-corrected chi connectivity index (χ0v) is 11.8. The molecule has 1 N–H and O–H groups in total. The maximum absolute atomic E-state index is 3.49. The van der Waals surface area contributed by atoms with Crippen LogP contribution in [-0.4, -0.2) is 6.54 Å². The Morgan fingerprint density at radius 3 is 2.79 bits per heavy atom. The van der Waals surface area contributed by atoms with Gasteiger partial charge in [0.1, 0.15) is 0 Å². The molecular weight excluding hydrogens is 230 g/mol. The lowest BCUT2D eigenvalue weighted by atomic mass is 9.91. The lowest BCUT2D eigenvalue weighted by molar-refractivity contribution is 0.639. The van der Waals surface area contributed by atoms with Crippen molar-refractivity contribution in [1.82, 2.24) is 5.32 Å². The van der Waals surface area contributed by atoms with Crippen molar-refractivity contribution in [1.29, 1.82) is 0 Å². The molecule has 1 aliphatic rings. The van der Waals surface area contributed by atoms with Crippen molar-refractivity contribution >= 4 is 0 Å². The van der Waals surface area contributed by atoms with Crippen LogP contribution in [0, 0.1) is 13.8 Å². The van der Waals surface area contributed by atoms with Gasteiger partial charge in [-0.2, -0.15) is 0 Å². The first-order valence-electron chi connectivity index (χ1n) is 7.10. The van der Waals surface area contributed by atoms with Crippen LogP contribution in [0.2, 0.25) is 0 Å². The number of rotatable bonds is 2. The first-order chi connectivity index (χ1) is 9.24. The van der Waals surface area contributed by atoms with Gasteiger partial charge in [-0.3, -0.25) is 0 Å². The SMILES string of the molecule is Cc1ccc(Cc2cccc3c2CNCC3)cc1C. The quantitative estimate of drug-likeness (QED) is 0.861. The normalized spacial score (nSPS) is 14.2. The molecule has 0 saturated carbocycles. The molecule has 0 aromatic heterocycles. The summed E-state index contributed by atoms with van der Waals surface area (Å²) in [7, 11) is 0. The Kier molecular flexibility index (Phi) is 3.39. The van der Waals surface area contributed by atoms with Crippen LogP contribution in [0.25, 0.3) is 0 Å². The Bertz CT molecular complexity index is 599. The van der Waals surface area contributed by atoms with E-state index in [2.05, 4.69) is 55.6 Å². The molecule has 1 aliphatic heterocycles. The highest BCUT2D eigenvalue weighted by Gasteiger charge is 2.12. The van der Waals surface area contributed by atoms with E-state index in [1.54, 1.807) is 0 Å². The van der Waals surface area contributed by atoms with Crippen LogP contribution in [0.4, 0.5) is 0 Å². The van der Waals surface area contributed by atoms with Gasteiger partial charge in [0, 0.05) is 6.54 Å². The minimum atomic E-state index is 1.02. The number of hydrogen-bond donors (Lipinski definition) is 1. The van der Waals surface area contributed by atoms with Crippen molar-refractivity contribution in [2.45, 2.75) is 33.2 Å². The maximum atomic E-state index is 3.49. The first-order valence-corrected chi connectivity index (χ1v) is 7.10. The Labute approximate surface area is 115 Å². The molecule has 3 rings (SSSR count). The predicted octanol–water partition coefficient (Wildman–Crippen LogP) is 3.54. The third-order valence-corrected chi connectivity index (χ3v) is 4.21. The Morgan fingerprint density at radius 1 is 1.05 bits per heavy atom. The highest BCUT2D eigenvalue weighted by Crippen LogP contribution is 2.22. The van der Waals surface area contributed by atoms with Gasteiger partial charge in [-0.1, -0.05) is 36.4 Å². The van der Waals surface area contributed by atoms with Crippen molar-refractivity contribution < 1.29 is 0 Å². The first kappa shape index (κ1) is 12.4. The van der Waals surface area contributed by atoms with E-state index >= 15 is 0 Å². The summed E-state index contributed by atoms with van der Waals surface area (Å²) in [4.78, 5) is 0. The van der Waals surface area contributed by atoms with Gasteiger partial charge in [-0.05, 0) is 66.6 Å². The molecule has 1 heteroatoms. The molecule has 0 amide bonds. The van der Waals surface area contributed by atoms with Crippen LogP contribution >= 0.6 is 0 Å². The van der Waals surface area contributed by atoms with Gasteiger partial charge in [0.15, 0.2) is 0 Å². The van der Waals surface area contributed by atoms with Crippen molar-refractivity contribution in [2.24, 2.45) is 0 Å². The molecule has 19 heavy (non-hydrogen) atoms. The molecule has 0 saturated heterocycles. The van der Waals surface area contributed by atoms with Gasteiger partial charge in [0.2, 0.25) is 0 Å². The highest BCUT2D eigenvalue weighted by atomic mass is 14.9. The van der Waals surface area contributed by atoms with Gasteiger partial charge in [-0.15, -0.1) is 0 Å². The van der Waals surface area contributed by atoms with Crippen molar-refractivity contribution in [3.05, 3.63) is 69.8 Å². The molecule has 0 aliphatic carbocycles. The fraction of sp³-hybridized carbons (Fsp3) is 0.333. The van der Waals surface area contributed by atoms with E-state index in [0.29, 0.717) is 0 Å². The van der Waals surface area contributed by atoms with Crippen LogP contribution < -0.4 is 5.32 Å². The summed E-state index contributed by atoms with van der Waals surface area (Å²) in [6.45, 7) is 6.50. The van der Waals surface area contributed by atoms with E-state index in [0.717, 1.165) is 25.9 Å². The molecule has 0 unspecified atom stereocenters. The number of hydrogen-bond acceptors (Lipinski definition) is 1. The zero-order valence-electron chi connectivity index (χ0n) is 11.8. The molecule has 0 radical (unpaired) electrons. The van der Waals surface area contributed by atoms with Crippen LogP contribution in [0.3, 0.4) is 0 Å². The Balaban J connectivity index is 1.92.